The SMILES string of the molecule is CCCCOCCC1(CNCC)CCC(C(C)(C)C)CC1. The average Bonchev–Trinajstić information content (AvgIpc) is 2.45. The van der Waals surface area contributed by atoms with Crippen LogP contribution in [0.2, 0.25) is 0 Å². The monoisotopic (exact) mass is 297 g/mol. The van der Waals surface area contributed by atoms with Gasteiger partial charge in [0, 0.05) is 19.8 Å². The summed E-state index contributed by atoms with van der Waals surface area (Å²) in [6.07, 6.45) is 9.20. The van der Waals surface area contributed by atoms with E-state index in [9.17, 15) is 0 Å². The summed E-state index contributed by atoms with van der Waals surface area (Å²) in [6.45, 7) is 15.8. The predicted molar refractivity (Wildman–Crippen MR) is 92.7 cm³/mol. The lowest BCUT2D eigenvalue weighted by atomic mass is 9.63. The van der Waals surface area contributed by atoms with Crippen LogP contribution in [0.3, 0.4) is 0 Å². The van der Waals surface area contributed by atoms with Crippen LogP contribution in [0.5, 0.6) is 0 Å². The molecule has 1 rings (SSSR count). The first-order valence-corrected chi connectivity index (χ1v) is 9.22. The first kappa shape index (κ1) is 19.0. The summed E-state index contributed by atoms with van der Waals surface area (Å²) in [5.74, 6) is 0.897. The summed E-state index contributed by atoms with van der Waals surface area (Å²) >= 11 is 0. The minimum atomic E-state index is 0.474. The van der Waals surface area contributed by atoms with Gasteiger partial charge in [0.15, 0.2) is 0 Å². The van der Waals surface area contributed by atoms with Crippen molar-refractivity contribution in [1.29, 1.82) is 0 Å². The standard InChI is InChI=1S/C19H39NO/c1-6-8-14-21-15-13-19(16-20-7-2)11-9-17(10-12-19)18(3,4)5/h17,20H,6-16H2,1-5H3. The molecule has 0 bridgehead atoms. The summed E-state index contributed by atoms with van der Waals surface area (Å²) < 4.78 is 5.85. The van der Waals surface area contributed by atoms with E-state index in [1.807, 2.05) is 0 Å². The number of hydrogen-bond donors (Lipinski definition) is 1. The van der Waals surface area contributed by atoms with Gasteiger partial charge in [-0.3, -0.25) is 0 Å². The fraction of sp³-hybridized carbons (Fsp3) is 1.00. The van der Waals surface area contributed by atoms with Crippen LogP contribution in [0, 0.1) is 16.7 Å². The van der Waals surface area contributed by atoms with Gasteiger partial charge in [0.25, 0.3) is 0 Å². The summed E-state index contributed by atoms with van der Waals surface area (Å²) in [5, 5.41) is 3.61. The molecule has 0 aromatic carbocycles. The maximum absolute atomic E-state index is 5.85. The molecule has 2 nitrogen and oxygen atoms in total. The van der Waals surface area contributed by atoms with Crippen LogP contribution in [0.15, 0.2) is 0 Å². The number of rotatable bonds is 9. The first-order valence-electron chi connectivity index (χ1n) is 9.22. The molecule has 1 N–H and O–H groups in total. The van der Waals surface area contributed by atoms with E-state index in [0.29, 0.717) is 10.8 Å². The molecule has 0 spiro atoms. The molecule has 0 unspecified atom stereocenters. The molecule has 0 radical (unpaired) electrons. The molecule has 1 aliphatic rings. The van der Waals surface area contributed by atoms with Crippen LogP contribution in [0.25, 0.3) is 0 Å². The highest BCUT2D eigenvalue weighted by Gasteiger charge is 2.38. The van der Waals surface area contributed by atoms with E-state index in [-0.39, 0.29) is 0 Å². The lowest BCUT2D eigenvalue weighted by Crippen LogP contribution is -2.40. The first-order chi connectivity index (χ1) is 9.93. The van der Waals surface area contributed by atoms with Gasteiger partial charge in [0.2, 0.25) is 0 Å². The van der Waals surface area contributed by atoms with Gasteiger partial charge in [0.05, 0.1) is 0 Å². The Hall–Kier alpha value is -0.0800. The second-order valence-corrected chi connectivity index (χ2v) is 8.14. The van der Waals surface area contributed by atoms with Crippen LogP contribution in [0.1, 0.15) is 79.6 Å². The molecule has 1 aliphatic carbocycles. The molecule has 21 heavy (non-hydrogen) atoms. The predicted octanol–water partition coefficient (Wildman–Crippen LogP) is 5.03. The zero-order chi connectivity index (χ0) is 15.8. The molecule has 0 atom stereocenters. The molecule has 0 amide bonds. The van der Waals surface area contributed by atoms with E-state index < -0.39 is 0 Å². The topological polar surface area (TPSA) is 21.3 Å². The third-order valence-corrected chi connectivity index (χ3v) is 5.44. The van der Waals surface area contributed by atoms with Gasteiger partial charge >= 0.3 is 0 Å². The molecular weight excluding hydrogens is 258 g/mol. The Bertz CT molecular complexity index is 261. The van der Waals surface area contributed by atoms with Gasteiger partial charge in [-0.15, -0.1) is 0 Å². The zero-order valence-corrected chi connectivity index (χ0v) is 15.3. The summed E-state index contributed by atoms with van der Waals surface area (Å²) in [4.78, 5) is 0. The Morgan fingerprint density at radius 3 is 2.29 bits per heavy atom. The second kappa shape index (κ2) is 9.15. The van der Waals surface area contributed by atoms with E-state index in [4.69, 9.17) is 4.74 Å². The van der Waals surface area contributed by atoms with E-state index in [1.54, 1.807) is 0 Å². The van der Waals surface area contributed by atoms with Crippen LogP contribution in [-0.2, 0) is 4.74 Å². The molecule has 126 valence electrons. The van der Waals surface area contributed by atoms with Gasteiger partial charge in [-0.2, -0.15) is 0 Å². The minimum absolute atomic E-state index is 0.474. The van der Waals surface area contributed by atoms with Gasteiger partial charge in [-0.05, 0) is 61.8 Å². The molecule has 0 heterocycles. The lowest BCUT2D eigenvalue weighted by Gasteiger charge is -2.44. The summed E-state index contributed by atoms with van der Waals surface area (Å²) in [7, 11) is 0. The molecule has 1 saturated carbocycles. The van der Waals surface area contributed by atoms with Gasteiger partial charge in [-0.25, -0.2) is 0 Å². The highest BCUT2D eigenvalue weighted by Crippen LogP contribution is 2.46. The Kier molecular flexibility index (Phi) is 8.26. The highest BCUT2D eigenvalue weighted by atomic mass is 16.5. The Balaban J connectivity index is 2.45. The van der Waals surface area contributed by atoms with Gasteiger partial charge in [-0.1, -0.05) is 41.0 Å². The quantitative estimate of drug-likeness (QED) is 0.603. The molecule has 1 fully saturated rings. The van der Waals surface area contributed by atoms with Crippen molar-refractivity contribution in [2.75, 3.05) is 26.3 Å². The van der Waals surface area contributed by atoms with Crippen LogP contribution in [-0.4, -0.2) is 26.3 Å². The number of nitrogens with one attached hydrogen (secondary N) is 1. The minimum Gasteiger partial charge on any atom is -0.381 e. The van der Waals surface area contributed by atoms with E-state index in [1.165, 1.54) is 51.5 Å². The molecular formula is C19H39NO. The van der Waals surface area contributed by atoms with Gasteiger partial charge in [0.1, 0.15) is 0 Å². The molecule has 0 saturated heterocycles. The van der Waals surface area contributed by atoms with Crippen LogP contribution in [0.4, 0.5) is 0 Å². The normalized spacial score (nSPS) is 27.0. The van der Waals surface area contributed by atoms with Crippen molar-refractivity contribution in [3.63, 3.8) is 0 Å². The van der Waals surface area contributed by atoms with Crippen molar-refractivity contribution >= 4 is 0 Å². The molecule has 2 heteroatoms. The fourth-order valence-electron chi connectivity index (χ4n) is 3.64. The number of hydrogen-bond acceptors (Lipinski definition) is 2. The highest BCUT2D eigenvalue weighted by molar-refractivity contribution is 4.90. The lowest BCUT2D eigenvalue weighted by molar-refractivity contribution is 0.0419. The van der Waals surface area contributed by atoms with Crippen LogP contribution >= 0.6 is 0 Å². The summed E-state index contributed by atoms with van der Waals surface area (Å²) in [5.41, 5.74) is 0.964. The maximum Gasteiger partial charge on any atom is 0.0471 e. The van der Waals surface area contributed by atoms with E-state index in [0.717, 1.165) is 25.7 Å². The Morgan fingerprint density at radius 2 is 1.76 bits per heavy atom. The van der Waals surface area contributed by atoms with Crippen molar-refractivity contribution < 1.29 is 4.74 Å². The van der Waals surface area contributed by atoms with Crippen molar-refractivity contribution in [2.24, 2.45) is 16.7 Å². The zero-order valence-electron chi connectivity index (χ0n) is 15.3. The molecule has 0 aromatic heterocycles. The van der Waals surface area contributed by atoms with E-state index >= 15 is 0 Å². The average molecular weight is 298 g/mol. The molecule has 0 aliphatic heterocycles. The Labute approximate surface area is 133 Å². The van der Waals surface area contributed by atoms with Crippen molar-refractivity contribution in [2.45, 2.75) is 79.6 Å². The fourth-order valence-corrected chi connectivity index (χ4v) is 3.64. The summed E-state index contributed by atoms with van der Waals surface area (Å²) in [6, 6.07) is 0. The molecule has 0 aromatic rings. The smallest absolute Gasteiger partial charge is 0.0471 e. The van der Waals surface area contributed by atoms with E-state index in [2.05, 4.69) is 39.9 Å². The third kappa shape index (κ3) is 6.69. The van der Waals surface area contributed by atoms with Crippen molar-refractivity contribution in [3.8, 4) is 0 Å². The number of ether oxygens (including phenoxy) is 1. The maximum atomic E-state index is 5.85. The van der Waals surface area contributed by atoms with Crippen molar-refractivity contribution in [1.82, 2.24) is 5.32 Å². The van der Waals surface area contributed by atoms with Gasteiger partial charge < -0.3 is 10.1 Å². The second-order valence-electron chi connectivity index (χ2n) is 8.14. The van der Waals surface area contributed by atoms with Crippen molar-refractivity contribution in [3.05, 3.63) is 0 Å². The number of unbranched alkanes of at least 4 members (excludes halogenated alkanes) is 1. The van der Waals surface area contributed by atoms with Crippen LogP contribution < -0.4 is 5.32 Å². The third-order valence-electron chi connectivity index (χ3n) is 5.44. The largest absolute Gasteiger partial charge is 0.381 e. The Morgan fingerprint density at radius 1 is 1.10 bits per heavy atom.